The van der Waals surface area contributed by atoms with Crippen molar-refractivity contribution in [2.75, 3.05) is 20.8 Å². The van der Waals surface area contributed by atoms with Crippen LogP contribution in [0.3, 0.4) is 0 Å². The van der Waals surface area contributed by atoms with Crippen LogP contribution in [0.1, 0.15) is 18.4 Å². The van der Waals surface area contributed by atoms with Gasteiger partial charge in [0.15, 0.2) is 0 Å². The Labute approximate surface area is 113 Å². The lowest BCUT2D eigenvalue weighted by atomic mass is 9.75. The molecular formula is C15H20O4. The van der Waals surface area contributed by atoms with Gasteiger partial charge in [0, 0.05) is 6.61 Å². The zero-order valence-electron chi connectivity index (χ0n) is 11.4. The molecule has 1 aromatic carbocycles. The third-order valence-corrected chi connectivity index (χ3v) is 3.55. The molecule has 0 aliphatic heterocycles. The van der Waals surface area contributed by atoms with Gasteiger partial charge in [-0.1, -0.05) is 12.1 Å². The Morgan fingerprint density at radius 3 is 2.47 bits per heavy atom. The summed E-state index contributed by atoms with van der Waals surface area (Å²) in [7, 11) is 3.09. The Morgan fingerprint density at radius 2 is 1.89 bits per heavy atom. The molecule has 0 atom stereocenters. The van der Waals surface area contributed by atoms with Gasteiger partial charge in [-0.05, 0) is 36.5 Å². The lowest BCUT2D eigenvalue weighted by Gasteiger charge is -2.32. The van der Waals surface area contributed by atoms with E-state index in [1.54, 1.807) is 7.11 Å². The molecule has 2 rings (SSSR count). The molecule has 1 saturated carbocycles. The van der Waals surface area contributed by atoms with E-state index in [0.29, 0.717) is 19.1 Å². The third-order valence-electron chi connectivity index (χ3n) is 3.55. The minimum atomic E-state index is -0.0913. The topological polar surface area (TPSA) is 44.8 Å². The molecule has 104 valence electrons. The predicted octanol–water partition coefficient (Wildman–Crippen LogP) is 2.41. The number of carbonyl (C=O) groups is 1. The van der Waals surface area contributed by atoms with Crippen LogP contribution in [0.5, 0.6) is 5.75 Å². The van der Waals surface area contributed by atoms with Crippen molar-refractivity contribution in [2.24, 2.45) is 11.8 Å². The van der Waals surface area contributed by atoms with E-state index in [1.807, 2.05) is 24.3 Å². The second kappa shape index (κ2) is 6.57. The van der Waals surface area contributed by atoms with Gasteiger partial charge in [-0.2, -0.15) is 0 Å². The van der Waals surface area contributed by atoms with Crippen LogP contribution in [0.4, 0.5) is 0 Å². The van der Waals surface area contributed by atoms with Gasteiger partial charge in [0.2, 0.25) is 0 Å². The Hall–Kier alpha value is -1.55. The standard InChI is InChI=1S/C15H20O4/c1-17-14-5-3-11(4-6-14)9-19-10-12-7-13(8-12)15(16)18-2/h3-6,12-13H,7-10H2,1-2H3. The maximum Gasteiger partial charge on any atom is 0.308 e. The molecule has 0 aromatic heterocycles. The Kier molecular flexibility index (Phi) is 4.80. The summed E-state index contributed by atoms with van der Waals surface area (Å²) in [5, 5.41) is 0. The summed E-state index contributed by atoms with van der Waals surface area (Å²) >= 11 is 0. The molecule has 0 saturated heterocycles. The summed E-state index contributed by atoms with van der Waals surface area (Å²) in [5.74, 6) is 1.33. The molecule has 0 N–H and O–H groups in total. The van der Waals surface area contributed by atoms with Crippen molar-refractivity contribution in [3.8, 4) is 5.75 Å². The van der Waals surface area contributed by atoms with Crippen LogP contribution in [0.15, 0.2) is 24.3 Å². The number of carbonyl (C=O) groups excluding carboxylic acids is 1. The van der Waals surface area contributed by atoms with Gasteiger partial charge >= 0.3 is 5.97 Å². The normalized spacial score (nSPS) is 21.6. The zero-order chi connectivity index (χ0) is 13.7. The minimum Gasteiger partial charge on any atom is -0.497 e. The Morgan fingerprint density at radius 1 is 1.21 bits per heavy atom. The largest absolute Gasteiger partial charge is 0.497 e. The Balaban J connectivity index is 1.63. The first-order valence-electron chi connectivity index (χ1n) is 6.51. The molecule has 1 aliphatic carbocycles. The lowest BCUT2D eigenvalue weighted by molar-refractivity contribution is -0.151. The van der Waals surface area contributed by atoms with Crippen LogP contribution in [-0.4, -0.2) is 26.8 Å². The molecule has 4 heteroatoms. The van der Waals surface area contributed by atoms with Crippen molar-refractivity contribution < 1.29 is 19.0 Å². The first kappa shape index (κ1) is 13.9. The number of esters is 1. The summed E-state index contributed by atoms with van der Waals surface area (Å²) < 4.78 is 15.5. The molecule has 0 radical (unpaired) electrons. The number of hydrogen-bond acceptors (Lipinski definition) is 4. The van der Waals surface area contributed by atoms with Gasteiger partial charge in [-0.15, -0.1) is 0 Å². The third kappa shape index (κ3) is 3.70. The second-order valence-electron chi connectivity index (χ2n) is 4.92. The van der Waals surface area contributed by atoms with Crippen molar-refractivity contribution in [3.63, 3.8) is 0 Å². The monoisotopic (exact) mass is 264 g/mol. The van der Waals surface area contributed by atoms with E-state index in [0.717, 1.165) is 24.2 Å². The van der Waals surface area contributed by atoms with Crippen LogP contribution in [0, 0.1) is 11.8 Å². The molecule has 1 fully saturated rings. The first-order chi connectivity index (χ1) is 9.22. The maximum absolute atomic E-state index is 11.2. The molecule has 4 nitrogen and oxygen atoms in total. The summed E-state index contributed by atoms with van der Waals surface area (Å²) in [6.45, 7) is 1.31. The Bertz CT molecular complexity index is 407. The maximum atomic E-state index is 11.2. The molecule has 1 aromatic rings. The fourth-order valence-corrected chi connectivity index (χ4v) is 2.30. The number of hydrogen-bond donors (Lipinski definition) is 0. The molecule has 0 unspecified atom stereocenters. The van der Waals surface area contributed by atoms with Crippen LogP contribution in [0.2, 0.25) is 0 Å². The molecular weight excluding hydrogens is 244 g/mol. The number of methoxy groups -OCH3 is 2. The first-order valence-corrected chi connectivity index (χ1v) is 6.51. The predicted molar refractivity (Wildman–Crippen MR) is 70.9 cm³/mol. The molecule has 0 amide bonds. The van der Waals surface area contributed by atoms with Crippen molar-refractivity contribution in [1.29, 1.82) is 0 Å². The lowest BCUT2D eigenvalue weighted by Crippen LogP contribution is -2.33. The smallest absolute Gasteiger partial charge is 0.308 e. The van der Waals surface area contributed by atoms with E-state index >= 15 is 0 Å². The molecule has 1 aliphatic rings. The quantitative estimate of drug-likeness (QED) is 0.740. The highest BCUT2D eigenvalue weighted by Crippen LogP contribution is 2.34. The van der Waals surface area contributed by atoms with Gasteiger partial charge in [-0.25, -0.2) is 0 Å². The van der Waals surface area contributed by atoms with Gasteiger partial charge in [0.1, 0.15) is 5.75 Å². The van der Waals surface area contributed by atoms with Crippen molar-refractivity contribution in [1.82, 2.24) is 0 Å². The summed E-state index contributed by atoms with van der Waals surface area (Å²) in [6, 6.07) is 7.85. The highest BCUT2D eigenvalue weighted by molar-refractivity contribution is 5.73. The van der Waals surface area contributed by atoms with E-state index in [2.05, 4.69) is 0 Å². The van der Waals surface area contributed by atoms with Crippen LogP contribution >= 0.6 is 0 Å². The van der Waals surface area contributed by atoms with Crippen molar-refractivity contribution >= 4 is 5.97 Å². The van der Waals surface area contributed by atoms with Gasteiger partial charge in [-0.3, -0.25) is 4.79 Å². The van der Waals surface area contributed by atoms with Gasteiger partial charge in [0.25, 0.3) is 0 Å². The molecule has 19 heavy (non-hydrogen) atoms. The molecule has 0 spiro atoms. The number of rotatable bonds is 6. The summed E-state index contributed by atoms with van der Waals surface area (Å²) in [4.78, 5) is 11.2. The fourth-order valence-electron chi connectivity index (χ4n) is 2.30. The van der Waals surface area contributed by atoms with Crippen LogP contribution < -0.4 is 4.74 Å². The SMILES string of the molecule is COC(=O)C1CC(COCc2ccc(OC)cc2)C1. The van der Waals surface area contributed by atoms with Crippen LogP contribution in [-0.2, 0) is 20.9 Å². The average molecular weight is 264 g/mol. The second-order valence-corrected chi connectivity index (χ2v) is 4.92. The highest BCUT2D eigenvalue weighted by Gasteiger charge is 2.35. The minimum absolute atomic E-state index is 0.0830. The van der Waals surface area contributed by atoms with Gasteiger partial charge in [0.05, 0.1) is 26.7 Å². The summed E-state index contributed by atoms with van der Waals surface area (Å²) in [6.07, 6.45) is 1.77. The van der Waals surface area contributed by atoms with Crippen molar-refractivity contribution in [3.05, 3.63) is 29.8 Å². The average Bonchev–Trinajstić information content (AvgIpc) is 2.41. The zero-order valence-corrected chi connectivity index (χ0v) is 11.4. The van der Waals surface area contributed by atoms with Crippen molar-refractivity contribution in [2.45, 2.75) is 19.4 Å². The number of ether oxygens (including phenoxy) is 3. The highest BCUT2D eigenvalue weighted by atomic mass is 16.5. The van der Waals surface area contributed by atoms with Gasteiger partial charge < -0.3 is 14.2 Å². The fraction of sp³-hybridized carbons (Fsp3) is 0.533. The molecule has 0 bridgehead atoms. The van der Waals surface area contributed by atoms with E-state index in [1.165, 1.54) is 7.11 Å². The number of benzene rings is 1. The summed E-state index contributed by atoms with van der Waals surface area (Å²) in [5.41, 5.74) is 1.13. The van der Waals surface area contributed by atoms with E-state index < -0.39 is 0 Å². The van der Waals surface area contributed by atoms with E-state index in [9.17, 15) is 4.79 Å². The van der Waals surface area contributed by atoms with E-state index in [4.69, 9.17) is 14.2 Å². The van der Waals surface area contributed by atoms with Crippen LogP contribution in [0.25, 0.3) is 0 Å². The molecule has 0 heterocycles. The van der Waals surface area contributed by atoms with E-state index in [-0.39, 0.29) is 11.9 Å².